The molecule has 1 unspecified atom stereocenters. The zero-order chi connectivity index (χ0) is 13.2. The van der Waals surface area contributed by atoms with Crippen molar-refractivity contribution in [3.05, 3.63) is 22.4 Å². The number of nitrogens with zero attached hydrogens (tertiary/aromatic N) is 1. The number of guanidine groups is 1. The molecule has 0 spiro atoms. The molecule has 1 heterocycles. The predicted octanol–water partition coefficient (Wildman–Crippen LogP) is 4.00. The molecule has 0 saturated heterocycles. The first-order chi connectivity index (χ1) is 8.76. The summed E-state index contributed by atoms with van der Waals surface area (Å²) in [7, 11) is 1.82. The van der Waals surface area contributed by atoms with Gasteiger partial charge in [-0.1, -0.05) is 32.3 Å². The highest BCUT2D eigenvalue weighted by Crippen LogP contribution is 2.07. The maximum Gasteiger partial charge on any atom is 0.191 e. The molecule has 1 rings (SSSR count). The molecule has 5 heteroatoms. The molecule has 0 radical (unpaired) electrons. The molecule has 110 valence electrons. The van der Waals surface area contributed by atoms with E-state index < -0.39 is 0 Å². The Morgan fingerprint density at radius 2 is 2.21 bits per heavy atom. The summed E-state index contributed by atoms with van der Waals surface area (Å²) in [5.74, 6) is 0.896. The molecule has 2 N–H and O–H groups in total. The Hall–Kier alpha value is -0.300. The molecule has 0 fully saturated rings. The minimum atomic E-state index is 0. The third-order valence-corrected chi connectivity index (χ3v) is 3.73. The van der Waals surface area contributed by atoms with Crippen LogP contribution in [-0.2, 0) is 6.54 Å². The molecule has 0 aliphatic rings. The van der Waals surface area contributed by atoms with Crippen molar-refractivity contribution in [2.24, 2.45) is 4.99 Å². The van der Waals surface area contributed by atoms with E-state index in [2.05, 4.69) is 47.0 Å². The number of thiophene rings is 1. The normalized spacial score (nSPS) is 12.7. The number of rotatable bonds is 7. The maximum absolute atomic E-state index is 4.25. The van der Waals surface area contributed by atoms with Crippen molar-refractivity contribution in [1.82, 2.24) is 10.6 Å². The third-order valence-electron chi connectivity index (χ3n) is 2.86. The van der Waals surface area contributed by atoms with Gasteiger partial charge in [-0.2, -0.15) is 0 Å². The Kier molecular flexibility index (Phi) is 11.3. The third kappa shape index (κ3) is 8.47. The molecule has 1 aromatic heterocycles. The largest absolute Gasteiger partial charge is 0.354 e. The monoisotopic (exact) mass is 395 g/mol. The first-order valence-corrected chi connectivity index (χ1v) is 7.63. The molecule has 1 aromatic rings. The standard InChI is InChI=1S/C14H25N3S.HI/c1-4-5-6-8-12(2)17-14(15-3)16-11-13-9-7-10-18-13;/h7,9-10,12H,4-6,8,11H2,1-3H3,(H2,15,16,17);1H. The lowest BCUT2D eigenvalue weighted by molar-refractivity contribution is 0.547. The lowest BCUT2D eigenvalue weighted by Crippen LogP contribution is -2.41. The quantitative estimate of drug-likeness (QED) is 0.317. The number of aliphatic imine (C=N–C) groups is 1. The number of hydrogen-bond acceptors (Lipinski definition) is 2. The van der Waals surface area contributed by atoms with Gasteiger partial charge in [0, 0.05) is 18.0 Å². The number of unbranched alkanes of at least 4 members (excludes halogenated alkanes) is 2. The van der Waals surface area contributed by atoms with Crippen LogP contribution < -0.4 is 10.6 Å². The van der Waals surface area contributed by atoms with Gasteiger partial charge in [0.15, 0.2) is 5.96 Å². The molecule has 19 heavy (non-hydrogen) atoms. The van der Waals surface area contributed by atoms with Crippen LogP contribution in [0.4, 0.5) is 0 Å². The molecule has 0 aromatic carbocycles. The molecule has 0 saturated carbocycles. The van der Waals surface area contributed by atoms with E-state index in [0.717, 1.165) is 12.5 Å². The van der Waals surface area contributed by atoms with Crippen LogP contribution in [0.1, 0.15) is 44.4 Å². The Morgan fingerprint density at radius 3 is 2.79 bits per heavy atom. The second-order valence-corrected chi connectivity index (χ2v) is 5.58. The van der Waals surface area contributed by atoms with E-state index in [1.807, 2.05) is 7.05 Å². The average molecular weight is 395 g/mol. The fourth-order valence-corrected chi connectivity index (χ4v) is 2.43. The lowest BCUT2D eigenvalue weighted by Gasteiger charge is -2.17. The average Bonchev–Trinajstić information content (AvgIpc) is 2.88. The summed E-state index contributed by atoms with van der Waals surface area (Å²) in [6.45, 7) is 5.30. The van der Waals surface area contributed by atoms with Gasteiger partial charge in [0.25, 0.3) is 0 Å². The molecule has 0 aliphatic heterocycles. The first-order valence-electron chi connectivity index (χ1n) is 6.75. The van der Waals surface area contributed by atoms with Crippen molar-refractivity contribution in [3.63, 3.8) is 0 Å². The van der Waals surface area contributed by atoms with Crippen LogP contribution in [0.3, 0.4) is 0 Å². The number of hydrogen-bond donors (Lipinski definition) is 2. The Balaban J connectivity index is 0.00000324. The summed E-state index contributed by atoms with van der Waals surface area (Å²) in [4.78, 5) is 5.58. The van der Waals surface area contributed by atoms with Crippen LogP contribution >= 0.6 is 35.3 Å². The van der Waals surface area contributed by atoms with Crippen LogP contribution in [0.2, 0.25) is 0 Å². The Labute approximate surface area is 138 Å². The fraction of sp³-hybridized carbons (Fsp3) is 0.643. The summed E-state index contributed by atoms with van der Waals surface area (Å²) in [5.41, 5.74) is 0. The zero-order valence-corrected chi connectivity index (χ0v) is 15.3. The van der Waals surface area contributed by atoms with Crippen LogP contribution in [0.5, 0.6) is 0 Å². The summed E-state index contributed by atoms with van der Waals surface area (Å²) in [6, 6.07) is 4.69. The topological polar surface area (TPSA) is 36.4 Å². The molecule has 0 amide bonds. The molecule has 1 atom stereocenters. The van der Waals surface area contributed by atoms with Crippen molar-refractivity contribution in [1.29, 1.82) is 0 Å². The summed E-state index contributed by atoms with van der Waals surface area (Å²) in [5, 5.41) is 8.87. The SMILES string of the molecule is CCCCCC(C)NC(=NC)NCc1cccs1.I. The smallest absolute Gasteiger partial charge is 0.191 e. The minimum absolute atomic E-state index is 0. The lowest BCUT2D eigenvalue weighted by atomic mass is 10.1. The second kappa shape index (κ2) is 11.5. The molecule has 3 nitrogen and oxygen atoms in total. The van der Waals surface area contributed by atoms with Gasteiger partial charge >= 0.3 is 0 Å². The molecule has 0 bridgehead atoms. The van der Waals surface area contributed by atoms with Crippen LogP contribution in [0, 0.1) is 0 Å². The van der Waals surface area contributed by atoms with E-state index >= 15 is 0 Å². The first kappa shape index (κ1) is 18.7. The van der Waals surface area contributed by atoms with Crippen LogP contribution in [-0.4, -0.2) is 19.0 Å². The van der Waals surface area contributed by atoms with Gasteiger partial charge in [-0.05, 0) is 24.8 Å². The van der Waals surface area contributed by atoms with Crippen molar-refractivity contribution in [3.8, 4) is 0 Å². The van der Waals surface area contributed by atoms with E-state index in [1.165, 1.54) is 30.6 Å². The molecular weight excluding hydrogens is 369 g/mol. The van der Waals surface area contributed by atoms with Gasteiger partial charge in [-0.3, -0.25) is 4.99 Å². The highest BCUT2D eigenvalue weighted by Gasteiger charge is 2.04. The number of halogens is 1. The van der Waals surface area contributed by atoms with Crippen LogP contribution in [0.15, 0.2) is 22.5 Å². The van der Waals surface area contributed by atoms with Gasteiger partial charge < -0.3 is 10.6 Å². The van der Waals surface area contributed by atoms with Gasteiger partial charge in [0.2, 0.25) is 0 Å². The zero-order valence-electron chi connectivity index (χ0n) is 12.1. The highest BCUT2D eigenvalue weighted by atomic mass is 127. The van der Waals surface area contributed by atoms with Crippen molar-refractivity contribution < 1.29 is 0 Å². The number of nitrogens with one attached hydrogen (secondary N) is 2. The van der Waals surface area contributed by atoms with E-state index in [-0.39, 0.29) is 24.0 Å². The van der Waals surface area contributed by atoms with Gasteiger partial charge in [0.1, 0.15) is 0 Å². The molecular formula is C14H26IN3S. The van der Waals surface area contributed by atoms with Gasteiger partial charge in [-0.25, -0.2) is 0 Å². The highest BCUT2D eigenvalue weighted by molar-refractivity contribution is 14.0. The van der Waals surface area contributed by atoms with E-state index in [0.29, 0.717) is 6.04 Å². The maximum atomic E-state index is 4.25. The van der Waals surface area contributed by atoms with Crippen molar-refractivity contribution in [2.75, 3.05) is 7.05 Å². The molecule has 0 aliphatic carbocycles. The summed E-state index contributed by atoms with van der Waals surface area (Å²) in [6.07, 6.45) is 5.07. The van der Waals surface area contributed by atoms with E-state index in [1.54, 1.807) is 11.3 Å². The minimum Gasteiger partial charge on any atom is -0.354 e. The fourth-order valence-electron chi connectivity index (χ4n) is 1.78. The van der Waals surface area contributed by atoms with Gasteiger partial charge in [0.05, 0.1) is 6.54 Å². The van der Waals surface area contributed by atoms with Crippen molar-refractivity contribution in [2.45, 2.75) is 52.1 Å². The second-order valence-electron chi connectivity index (χ2n) is 4.55. The van der Waals surface area contributed by atoms with E-state index in [4.69, 9.17) is 0 Å². The predicted molar refractivity (Wildman–Crippen MR) is 96.7 cm³/mol. The Bertz CT molecular complexity index is 338. The summed E-state index contributed by atoms with van der Waals surface area (Å²) < 4.78 is 0. The van der Waals surface area contributed by atoms with Crippen LogP contribution in [0.25, 0.3) is 0 Å². The van der Waals surface area contributed by atoms with E-state index in [9.17, 15) is 0 Å². The summed E-state index contributed by atoms with van der Waals surface area (Å²) >= 11 is 1.77. The Morgan fingerprint density at radius 1 is 1.42 bits per heavy atom. The van der Waals surface area contributed by atoms with Gasteiger partial charge in [-0.15, -0.1) is 35.3 Å². The van der Waals surface area contributed by atoms with Crippen molar-refractivity contribution >= 4 is 41.3 Å².